The highest BCUT2D eigenvalue weighted by Crippen LogP contribution is 2.44. The quantitative estimate of drug-likeness (QED) is 0.865. The molecular formula is C16H18N2O. The first kappa shape index (κ1) is 11.1. The minimum absolute atomic E-state index is 0.0845. The predicted molar refractivity (Wildman–Crippen MR) is 75.0 cm³/mol. The molecule has 1 heterocycles. The van der Waals surface area contributed by atoms with Crippen molar-refractivity contribution < 1.29 is 4.79 Å². The maximum absolute atomic E-state index is 12.5. The van der Waals surface area contributed by atoms with Crippen molar-refractivity contribution in [1.29, 1.82) is 0 Å². The van der Waals surface area contributed by atoms with E-state index < -0.39 is 0 Å². The van der Waals surface area contributed by atoms with Crippen molar-refractivity contribution >= 4 is 16.8 Å². The van der Waals surface area contributed by atoms with E-state index in [4.69, 9.17) is 0 Å². The van der Waals surface area contributed by atoms with Gasteiger partial charge in [0.05, 0.1) is 5.56 Å². The standard InChI is InChI=1S/C16H18N2O/c19-16(18-15(10-5-6-10)11-7-8-11)13-9-17-14-4-2-1-3-12(13)14/h1-4,9-11,15,17H,5-8H2,(H,18,19). The van der Waals surface area contributed by atoms with Gasteiger partial charge in [0.1, 0.15) is 0 Å². The van der Waals surface area contributed by atoms with E-state index in [9.17, 15) is 4.79 Å². The molecule has 2 aliphatic carbocycles. The Balaban J connectivity index is 1.59. The summed E-state index contributed by atoms with van der Waals surface area (Å²) in [6.07, 6.45) is 6.98. The highest BCUT2D eigenvalue weighted by atomic mass is 16.1. The number of H-pyrrole nitrogens is 1. The molecule has 19 heavy (non-hydrogen) atoms. The molecular weight excluding hydrogens is 236 g/mol. The van der Waals surface area contributed by atoms with Gasteiger partial charge in [-0.1, -0.05) is 18.2 Å². The summed E-state index contributed by atoms with van der Waals surface area (Å²) >= 11 is 0. The van der Waals surface area contributed by atoms with E-state index >= 15 is 0 Å². The van der Waals surface area contributed by atoms with Crippen molar-refractivity contribution in [2.24, 2.45) is 11.8 Å². The first-order valence-corrected chi connectivity index (χ1v) is 7.20. The van der Waals surface area contributed by atoms with Gasteiger partial charge in [-0.25, -0.2) is 0 Å². The van der Waals surface area contributed by atoms with E-state index in [1.54, 1.807) is 0 Å². The summed E-state index contributed by atoms with van der Waals surface area (Å²) in [5.74, 6) is 1.56. The molecule has 0 bridgehead atoms. The van der Waals surface area contributed by atoms with Crippen LogP contribution >= 0.6 is 0 Å². The molecule has 3 heteroatoms. The molecule has 0 atom stereocenters. The second-order valence-electron chi connectivity index (χ2n) is 5.92. The Bertz CT molecular complexity index is 610. The van der Waals surface area contributed by atoms with Crippen LogP contribution in [0, 0.1) is 11.8 Å². The van der Waals surface area contributed by atoms with Gasteiger partial charge < -0.3 is 10.3 Å². The molecule has 4 rings (SSSR count). The molecule has 2 fully saturated rings. The zero-order valence-corrected chi connectivity index (χ0v) is 10.9. The molecule has 1 aromatic heterocycles. The normalized spacial score (nSPS) is 19.0. The molecule has 0 unspecified atom stereocenters. The Morgan fingerprint density at radius 2 is 1.84 bits per heavy atom. The van der Waals surface area contributed by atoms with E-state index in [0.717, 1.165) is 28.3 Å². The molecule has 2 N–H and O–H groups in total. The highest BCUT2D eigenvalue weighted by molar-refractivity contribution is 6.06. The lowest BCUT2D eigenvalue weighted by atomic mass is 10.1. The lowest BCUT2D eigenvalue weighted by Gasteiger charge is -2.17. The van der Waals surface area contributed by atoms with Gasteiger partial charge in [0, 0.05) is 23.1 Å². The lowest BCUT2D eigenvalue weighted by molar-refractivity contribution is 0.0928. The van der Waals surface area contributed by atoms with E-state index in [1.165, 1.54) is 25.7 Å². The lowest BCUT2D eigenvalue weighted by Crippen LogP contribution is -2.38. The van der Waals surface area contributed by atoms with Crippen LogP contribution in [0.15, 0.2) is 30.5 Å². The molecule has 3 nitrogen and oxygen atoms in total. The van der Waals surface area contributed by atoms with Crippen molar-refractivity contribution in [3.8, 4) is 0 Å². The number of carbonyl (C=O) groups is 1. The second-order valence-corrected chi connectivity index (χ2v) is 5.92. The van der Waals surface area contributed by atoms with Crippen LogP contribution in [0.5, 0.6) is 0 Å². The Hall–Kier alpha value is -1.77. The van der Waals surface area contributed by atoms with Crippen molar-refractivity contribution in [3.05, 3.63) is 36.0 Å². The Morgan fingerprint density at radius 3 is 2.53 bits per heavy atom. The SMILES string of the molecule is O=C(NC(C1CC1)C1CC1)c1c[nH]c2ccccc12. The average Bonchev–Trinajstić information content (AvgIpc) is 3.32. The summed E-state index contributed by atoms with van der Waals surface area (Å²) < 4.78 is 0. The maximum atomic E-state index is 12.5. The number of carbonyl (C=O) groups excluding carboxylic acids is 1. The largest absolute Gasteiger partial charge is 0.360 e. The molecule has 1 aromatic carbocycles. The summed E-state index contributed by atoms with van der Waals surface area (Å²) in [6, 6.07) is 8.39. The van der Waals surface area contributed by atoms with Crippen LogP contribution in [0.1, 0.15) is 36.0 Å². The van der Waals surface area contributed by atoms with E-state index in [2.05, 4.69) is 10.3 Å². The average molecular weight is 254 g/mol. The molecule has 1 amide bonds. The third kappa shape index (κ3) is 2.03. The number of hydrogen-bond acceptors (Lipinski definition) is 1. The predicted octanol–water partition coefficient (Wildman–Crippen LogP) is 3.09. The van der Waals surface area contributed by atoms with Crippen molar-refractivity contribution in [1.82, 2.24) is 10.3 Å². The fourth-order valence-corrected chi connectivity index (χ4v) is 3.02. The number of hydrogen-bond donors (Lipinski definition) is 2. The van der Waals surface area contributed by atoms with Gasteiger partial charge >= 0.3 is 0 Å². The van der Waals surface area contributed by atoms with Crippen LogP contribution in [0.4, 0.5) is 0 Å². The molecule has 98 valence electrons. The summed E-state index contributed by atoms with van der Waals surface area (Å²) in [7, 11) is 0. The van der Waals surface area contributed by atoms with Gasteiger partial charge in [0.25, 0.3) is 5.91 Å². The number of fused-ring (bicyclic) bond motifs is 1. The van der Waals surface area contributed by atoms with Gasteiger partial charge in [0.15, 0.2) is 0 Å². The highest BCUT2D eigenvalue weighted by Gasteiger charge is 2.42. The number of aromatic nitrogens is 1. The monoisotopic (exact) mass is 254 g/mol. The fourth-order valence-electron chi connectivity index (χ4n) is 3.02. The number of rotatable bonds is 4. The second kappa shape index (κ2) is 4.12. The summed E-state index contributed by atoms with van der Waals surface area (Å²) in [4.78, 5) is 15.6. The van der Waals surface area contributed by atoms with Gasteiger partial charge in [-0.3, -0.25) is 4.79 Å². The number of aromatic amines is 1. The van der Waals surface area contributed by atoms with Crippen LogP contribution in [0.2, 0.25) is 0 Å². The summed E-state index contributed by atoms with van der Waals surface area (Å²) in [5, 5.41) is 4.30. The van der Waals surface area contributed by atoms with Crippen molar-refractivity contribution in [3.63, 3.8) is 0 Å². The van der Waals surface area contributed by atoms with Gasteiger partial charge in [-0.2, -0.15) is 0 Å². The van der Waals surface area contributed by atoms with Crippen LogP contribution in [0.25, 0.3) is 10.9 Å². The van der Waals surface area contributed by atoms with Gasteiger partial charge in [-0.05, 0) is 43.6 Å². The Labute approximate surface area is 112 Å². The zero-order chi connectivity index (χ0) is 12.8. The number of amides is 1. The minimum atomic E-state index is 0.0845. The zero-order valence-electron chi connectivity index (χ0n) is 10.9. The number of nitrogens with one attached hydrogen (secondary N) is 2. The van der Waals surface area contributed by atoms with Crippen molar-refractivity contribution in [2.45, 2.75) is 31.7 Å². The van der Waals surface area contributed by atoms with E-state index in [0.29, 0.717) is 6.04 Å². The third-order valence-corrected chi connectivity index (χ3v) is 4.39. The molecule has 0 saturated heterocycles. The topological polar surface area (TPSA) is 44.9 Å². The van der Waals surface area contributed by atoms with Gasteiger partial charge in [0.2, 0.25) is 0 Å². The Kier molecular flexibility index (Phi) is 2.40. The molecule has 0 radical (unpaired) electrons. The number of para-hydroxylation sites is 1. The summed E-state index contributed by atoms with van der Waals surface area (Å²) in [6.45, 7) is 0. The first-order valence-electron chi connectivity index (χ1n) is 7.20. The van der Waals surface area contributed by atoms with E-state index in [-0.39, 0.29) is 5.91 Å². The smallest absolute Gasteiger partial charge is 0.253 e. The Morgan fingerprint density at radius 1 is 1.16 bits per heavy atom. The van der Waals surface area contributed by atoms with Crippen LogP contribution in [-0.4, -0.2) is 16.9 Å². The number of benzene rings is 1. The van der Waals surface area contributed by atoms with Crippen LogP contribution in [-0.2, 0) is 0 Å². The van der Waals surface area contributed by atoms with Gasteiger partial charge in [-0.15, -0.1) is 0 Å². The minimum Gasteiger partial charge on any atom is -0.360 e. The van der Waals surface area contributed by atoms with E-state index in [1.807, 2.05) is 30.5 Å². The van der Waals surface area contributed by atoms with Crippen LogP contribution in [0.3, 0.4) is 0 Å². The first-order chi connectivity index (χ1) is 9.33. The fraction of sp³-hybridized carbons (Fsp3) is 0.438. The summed E-state index contributed by atoms with van der Waals surface area (Å²) in [5.41, 5.74) is 1.81. The molecule has 0 spiro atoms. The molecule has 2 saturated carbocycles. The van der Waals surface area contributed by atoms with Crippen molar-refractivity contribution in [2.75, 3.05) is 0 Å². The van der Waals surface area contributed by atoms with Crippen LogP contribution < -0.4 is 5.32 Å². The maximum Gasteiger partial charge on any atom is 0.253 e. The molecule has 2 aliphatic rings. The molecule has 0 aliphatic heterocycles. The third-order valence-electron chi connectivity index (χ3n) is 4.39. The molecule has 2 aromatic rings.